The van der Waals surface area contributed by atoms with Crippen LogP contribution in [-0.2, 0) is 4.79 Å². The summed E-state index contributed by atoms with van der Waals surface area (Å²) in [7, 11) is 0. The fourth-order valence-corrected chi connectivity index (χ4v) is 3.21. The van der Waals surface area contributed by atoms with Crippen molar-refractivity contribution in [1.29, 1.82) is 0 Å². The predicted octanol–water partition coefficient (Wildman–Crippen LogP) is 3.70. The van der Waals surface area contributed by atoms with E-state index in [0.717, 1.165) is 25.7 Å². The summed E-state index contributed by atoms with van der Waals surface area (Å²) in [5, 5.41) is 2.80. The molecule has 2 atom stereocenters. The molecule has 1 heterocycles. The second kappa shape index (κ2) is 8.65. The van der Waals surface area contributed by atoms with E-state index < -0.39 is 11.4 Å². The number of hydrogen-bond acceptors (Lipinski definition) is 3. The van der Waals surface area contributed by atoms with E-state index in [1.165, 1.54) is 12.4 Å². The standard InChI is InChI=1S/C17H21FN4O.2ClH/c1-17(19)7-3-2-4-13(17)16(23)21-12-5-6-15(14(18)10-12)22-9-8-20-11-22;;/h5-6,8-11,13H,2-4,7,19H2,1H3,(H,21,23);2*1H. The molecule has 1 aromatic heterocycles. The number of amides is 1. The van der Waals surface area contributed by atoms with Crippen LogP contribution in [0.1, 0.15) is 32.6 Å². The van der Waals surface area contributed by atoms with Gasteiger partial charge in [-0.05, 0) is 38.0 Å². The first-order valence-corrected chi connectivity index (χ1v) is 7.85. The summed E-state index contributed by atoms with van der Waals surface area (Å²) < 4.78 is 15.8. The molecule has 1 amide bonds. The third-order valence-corrected chi connectivity index (χ3v) is 4.57. The Labute approximate surface area is 159 Å². The zero-order chi connectivity index (χ0) is 16.4. The molecule has 2 unspecified atom stereocenters. The van der Waals surface area contributed by atoms with Gasteiger partial charge in [0.1, 0.15) is 5.82 Å². The van der Waals surface area contributed by atoms with Crippen LogP contribution < -0.4 is 11.1 Å². The molecule has 138 valence electrons. The highest BCUT2D eigenvalue weighted by Gasteiger charge is 2.37. The Morgan fingerprint density at radius 1 is 1.40 bits per heavy atom. The summed E-state index contributed by atoms with van der Waals surface area (Å²) in [4.78, 5) is 16.4. The monoisotopic (exact) mass is 388 g/mol. The van der Waals surface area contributed by atoms with Crippen LogP contribution in [0.3, 0.4) is 0 Å². The van der Waals surface area contributed by atoms with Crippen LogP contribution in [0.2, 0.25) is 0 Å². The Morgan fingerprint density at radius 2 is 2.16 bits per heavy atom. The number of imidazole rings is 1. The lowest BCUT2D eigenvalue weighted by Gasteiger charge is -2.37. The molecule has 0 spiro atoms. The predicted molar refractivity (Wildman–Crippen MR) is 101 cm³/mol. The second-order valence-corrected chi connectivity index (χ2v) is 6.43. The summed E-state index contributed by atoms with van der Waals surface area (Å²) >= 11 is 0. The van der Waals surface area contributed by atoms with Crippen LogP contribution in [-0.4, -0.2) is 21.0 Å². The topological polar surface area (TPSA) is 72.9 Å². The number of benzene rings is 1. The molecular weight excluding hydrogens is 366 g/mol. The number of nitrogens with two attached hydrogens (primary N) is 1. The summed E-state index contributed by atoms with van der Waals surface area (Å²) in [6.07, 6.45) is 8.43. The number of nitrogens with one attached hydrogen (secondary N) is 1. The van der Waals surface area contributed by atoms with Crippen LogP contribution in [0.25, 0.3) is 5.69 Å². The molecule has 0 aliphatic heterocycles. The van der Waals surface area contributed by atoms with E-state index in [1.807, 2.05) is 6.92 Å². The lowest BCUT2D eigenvalue weighted by atomic mass is 9.74. The molecule has 0 bridgehead atoms. The number of carbonyl (C=O) groups is 1. The maximum absolute atomic E-state index is 14.2. The summed E-state index contributed by atoms with van der Waals surface area (Å²) in [6.45, 7) is 1.92. The minimum atomic E-state index is -0.502. The van der Waals surface area contributed by atoms with Gasteiger partial charge in [-0.3, -0.25) is 4.79 Å². The molecular formula is C17H23Cl2FN4O. The van der Waals surface area contributed by atoms with Crippen LogP contribution in [0.4, 0.5) is 10.1 Å². The number of halogens is 3. The zero-order valence-corrected chi connectivity index (χ0v) is 15.6. The smallest absolute Gasteiger partial charge is 0.229 e. The van der Waals surface area contributed by atoms with E-state index in [0.29, 0.717) is 11.4 Å². The van der Waals surface area contributed by atoms with Crippen LogP contribution in [0.15, 0.2) is 36.9 Å². The number of carbonyl (C=O) groups excluding carboxylic acids is 1. The van der Waals surface area contributed by atoms with Gasteiger partial charge in [0.15, 0.2) is 0 Å². The zero-order valence-electron chi connectivity index (χ0n) is 13.9. The maximum Gasteiger partial charge on any atom is 0.229 e. The summed E-state index contributed by atoms with van der Waals surface area (Å²) in [5.41, 5.74) is 6.58. The van der Waals surface area contributed by atoms with E-state index in [2.05, 4.69) is 10.3 Å². The minimum absolute atomic E-state index is 0. The molecule has 1 saturated carbocycles. The summed E-state index contributed by atoms with van der Waals surface area (Å²) in [6, 6.07) is 4.63. The molecule has 0 radical (unpaired) electrons. The van der Waals surface area contributed by atoms with Gasteiger partial charge in [-0.2, -0.15) is 0 Å². The molecule has 1 aliphatic rings. The van der Waals surface area contributed by atoms with Crippen LogP contribution >= 0.6 is 24.8 Å². The SMILES string of the molecule is CC1(N)CCCCC1C(=O)Nc1ccc(-n2ccnc2)c(F)c1.Cl.Cl. The highest BCUT2D eigenvalue weighted by Crippen LogP contribution is 2.32. The van der Waals surface area contributed by atoms with Crippen molar-refractivity contribution in [2.45, 2.75) is 38.1 Å². The van der Waals surface area contributed by atoms with Gasteiger partial charge in [-0.15, -0.1) is 24.8 Å². The quantitative estimate of drug-likeness (QED) is 0.841. The molecule has 0 saturated heterocycles. The van der Waals surface area contributed by atoms with Gasteiger partial charge in [0, 0.05) is 23.6 Å². The first-order chi connectivity index (χ1) is 11.0. The Kier molecular flexibility index (Phi) is 7.41. The molecule has 2 aromatic rings. The van der Waals surface area contributed by atoms with Gasteiger partial charge >= 0.3 is 0 Å². The van der Waals surface area contributed by atoms with Crippen molar-refractivity contribution < 1.29 is 9.18 Å². The van der Waals surface area contributed by atoms with E-state index in [4.69, 9.17) is 5.73 Å². The van der Waals surface area contributed by atoms with Gasteiger partial charge < -0.3 is 15.6 Å². The average Bonchev–Trinajstić information content (AvgIpc) is 3.00. The number of aromatic nitrogens is 2. The first-order valence-electron chi connectivity index (χ1n) is 7.85. The Bertz CT molecular complexity index is 707. The number of hydrogen-bond donors (Lipinski definition) is 2. The van der Waals surface area contributed by atoms with Crippen LogP contribution in [0.5, 0.6) is 0 Å². The maximum atomic E-state index is 14.2. The third-order valence-electron chi connectivity index (χ3n) is 4.57. The number of rotatable bonds is 3. The van der Waals surface area contributed by atoms with Crippen molar-refractivity contribution in [3.05, 3.63) is 42.7 Å². The van der Waals surface area contributed by atoms with Crippen molar-refractivity contribution >= 4 is 36.4 Å². The van der Waals surface area contributed by atoms with Crippen molar-refractivity contribution in [1.82, 2.24) is 9.55 Å². The Hall–Kier alpha value is -1.63. The second-order valence-electron chi connectivity index (χ2n) is 6.43. The van der Waals surface area contributed by atoms with E-state index in [1.54, 1.807) is 29.1 Å². The molecule has 5 nitrogen and oxygen atoms in total. The molecule has 1 fully saturated rings. The Balaban J connectivity index is 0.00000156. The van der Waals surface area contributed by atoms with E-state index >= 15 is 0 Å². The molecule has 1 aromatic carbocycles. The summed E-state index contributed by atoms with van der Waals surface area (Å²) in [5.74, 6) is -0.794. The lowest BCUT2D eigenvalue weighted by molar-refractivity contribution is -0.122. The van der Waals surface area contributed by atoms with Crippen molar-refractivity contribution in [3.63, 3.8) is 0 Å². The number of nitrogens with zero attached hydrogens (tertiary/aromatic N) is 2. The average molecular weight is 389 g/mol. The van der Waals surface area contributed by atoms with Gasteiger partial charge in [0.05, 0.1) is 17.9 Å². The van der Waals surface area contributed by atoms with Crippen LogP contribution in [0, 0.1) is 11.7 Å². The van der Waals surface area contributed by atoms with Crippen molar-refractivity contribution in [2.75, 3.05) is 5.32 Å². The largest absolute Gasteiger partial charge is 0.326 e. The molecule has 8 heteroatoms. The first kappa shape index (κ1) is 21.4. The van der Waals surface area contributed by atoms with Gasteiger partial charge in [0.25, 0.3) is 0 Å². The molecule has 1 aliphatic carbocycles. The molecule has 3 N–H and O–H groups in total. The van der Waals surface area contributed by atoms with Gasteiger partial charge in [0.2, 0.25) is 5.91 Å². The fourth-order valence-electron chi connectivity index (χ4n) is 3.21. The van der Waals surface area contributed by atoms with Gasteiger partial charge in [-0.1, -0.05) is 12.8 Å². The van der Waals surface area contributed by atoms with Crippen molar-refractivity contribution in [2.24, 2.45) is 11.7 Å². The van der Waals surface area contributed by atoms with Gasteiger partial charge in [-0.25, -0.2) is 9.37 Å². The third kappa shape index (κ3) is 4.71. The highest BCUT2D eigenvalue weighted by molar-refractivity contribution is 5.93. The van der Waals surface area contributed by atoms with E-state index in [-0.39, 0.29) is 36.6 Å². The van der Waals surface area contributed by atoms with E-state index in [9.17, 15) is 9.18 Å². The fraction of sp³-hybridized carbons (Fsp3) is 0.412. The minimum Gasteiger partial charge on any atom is -0.326 e. The Morgan fingerprint density at radius 3 is 2.76 bits per heavy atom. The lowest BCUT2D eigenvalue weighted by Crippen LogP contribution is -2.51. The number of anilines is 1. The molecule has 25 heavy (non-hydrogen) atoms. The van der Waals surface area contributed by atoms with Crippen molar-refractivity contribution in [3.8, 4) is 5.69 Å². The highest BCUT2D eigenvalue weighted by atomic mass is 35.5. The normalized spacial score (nSPS) is 22.4. The molecule has 3 rings (SSSR count).